The molecule has 0 saturated heterocycles. The molecule has 5 heteroatoms. The molecule has 0 radical (unpaired) electrons. The highest BCUT2D eigenvalue weighted by Crippen LogP contribution is 2.06. The molecule has 0 spiro atoms. The van der Waals surface area contributed by atoms with Crippen LogP contribution in [0.25, 0.3) is 10.8 Å². The molecule has 0 amide bonds. The summed E-state index contributed by atoms with van der Waals surface area (Å²) in [5.41, 5.74) is 0.519. The third kappa shape index (κ3) is 0.868. The number of aryl methyl sites for hydroxylation is 1. The lowest BCUT2D eigenvalue weighted by Crippen LogP contribution is -2.10. The van der Waals surface area contributed by atoms with Gasteiger partial charge in [0.25, 0.3) is 5.56 Å². The second kappa shape index (κ2) is 2.37. The lowest BCUT2D eigenvalue weighted by molar-refractivity contribution is 0.956. The van der Waals surface area contributed by atoms with Crippen LogP contribution >= 0.6 is 0 Å². The van der Waals surface area contributed by atoms with Gasteiger partial charge in [-0.3, -0.25) is 4.79 Å². The highest BCUT2D eigenvalue weighted by atomic mass is 16.1. The third-order valence-corrected chi connectivity index (χ3v) is 1.69. The van der Waals surface area contributed by atoms with E-state index in [2.05, 4.69) is 20.4 Å². The molecule has 0 atom stereocenters. The minimum absolute atomic E-state index is 0.231. The molecule has 12 heavy (non-hydrogen) atoms. The summed E-state index contributed by atoms with van der Waals surface area (Å²) >= 11 is 0. The molecule has 0 unspecified atom stereocenters. The molecular formula is C7H6N4O. The van der Waals surface area contributed by atoms with Crippen LogP contribution in [0.3, 0.4) is 0 Å². The number of nitrogens with one attached hydrogen (secondary N) is 1. The van der Waals surface area contributed by atoms with Gasteiger partial charge >= 0.3 is 0 Å². The first kappa shape index (κ1) is 6.90. The van der Waals surface area contributed by atoms with E-state index < -0.39 is 0 Å². The molecule has 0 aliphatic heterocycles. The first-order valence-electron chi connectivity index (χ1n) is 3.45. The second-order valence-electron chi connectivity index (χ2n) is 2.45. The van der Waals surface area contributed by atoms with Gasteiger partial charge in [-0.2, -0.15) is 15.3 Å². The van der Waals surface area contributed by atoms with E-state index in [1.165, 1.54) is 12.4 Å². The highest BCUT2D eigenvalue weighted by Gasteiger charge is 2.01. The van der Waals surface area contributed by atoms with Gasteiger partial charge < -0.3 is 0 Å². The van der Waals surface area contributed by atoms with Crippen LogP contribution in [0.5, 0.6) is 0 Å². The fourth-order valence-electron chi connectivity index (χ4n) is 1.05. The Balaban J connectivity index is 3.05. The van der Waals surface area contributed by atoms with E-state index >= 15 is 0 Å². The Morgan fingerprint density at radius 1 is 1.25 bits per heavy atom. The Bertz CT molecular complexity index is 476. The Morgan fingerprint density at radius 2 is 1.92 bits per heavy atom. The van der Waals surface area contributed by atoms with Gasteiger partial charge in [0.2, 0.25) is 0 Å². The van der Waals surface area contributed by atoms with Crippen molar-refractivity contribution in [2.24, 2.45) is 0 Å². The van der Waals surface area contributed by atoms with Crippen LogP contribution < -0.4 is 5.56 Å². The van der Waals surface area contributed by atoms with Crippen LogP contribution in [-0.2, 0) is 0 Å². The van der Waals surface area contributed by atoms with Crippen molar-refractivity contribution in [3.8, 4) is 0 Å². The van der Waals surface area contributed by atoms with E-state index in [4.69, 9.17) is 0 Å². The molecule has 0 saturated carbocycles. The zero-order chi connectivity index (χ0) is 8.55. The fourth-order valence-corrected chi connectivity index (χ4v) is 1.05. The molecule has 2 aromatic rings. The van der Waals surface area contributed by atoms with E-state index in [1.807, 2.05) is 0 Å². The molecule has 0 fully saturated rings. The first-order chi connectivity index (χ1) is 5.79. The highest BCUT2D eigenvalue weighted by molar-refractivity contribution is 5.81. The predicted molar refractivity (Wildman–Crippen MR) is 42.7 cm³/mol. The Morgan fingerprint density at radius 3 is 2.58 bits per heavy atom. The minimum Gasteiger partial charge on any atom is -0.267 e. The van der Waals surface area contributed by atoms with E-state index in [-0.39, 0.29) is 5.56 Å². The number of aromatic amines is 1. The van der Waals surface area contributed by atoms with E-state index in [0.717, 1.165) is 11.1 Å². The van der Waals surface area contributed by atoms with Crippen molar-refractivity contribution in [3.05, 3.63) is 28.4 Å². The van der Waals surface area contributed by atoms with Crippen molar-refractivity contribution in [2.75, 3.05) is 0 Å². The first-order valence-corrected chi connectivity index (χ1v) is 3.45. The summed E-state index contributed by atoms with van der Waals surface area (Å²) in [6, 6.07) is 0. The standard InChI is InChI=1S/C7H6N4O/c1-4-5-2-8-9-3-6(5)7(12)11-10-4/h2-3H,1H3,(H,11,12). The smallest absolute Gasteiger partial charge is 0.267 e. The van der Waals surface area contributed by atoms with Crippen molar-refractivity contribution in [3.63, 3.8) is 0 Å². The van der Waals surface area contributed by atoms with Gasteiger partial charge in [-0.15, -0.1) is 0 Å². The summed E-state index contributed by atoms with van der Waals surface area (Å²) in [5, 5.41) is 14.7. The normalized spacial score (nSPS) is 10.4. The zero-order valence-corrected chi connectivity index (χ0v) is 6.40. The SMILES string of the molecule is Cc1n[nH]c(=O)c2cnncc12. The average molecular weight is 162 g/mol. The minimum atomic E-state index is -0.231. The number of fused-ring (bicyclic) bond motifs is 1. The van der Waals surface area contributed by atoms with Gasteiger partial charge in [-0.25, -0.2) is 5.10 Å². The van der Waals surface area contributed by atoms with Crippen LogP contribution in [0, 0.1) is 6.92 Å². The maximum Gasteiger partial charge on any atom is 0.273 e. The quantitative estimate of drug-likeness (QED) is 0.592. The monoisotopic (exact) mass is 162 g/mol. The number of rotatable bonds is 0. The van der Waals surface area contributed by atoms with Crippen LogP contribution in [0.15, 0.2) is 17.2 Å². The van der Waals surface area contributed by atoms with Crippen molar-refractivity contribution in [1.29, 1.82) is 0 Å². The maximum atomic E-state index is 11.1. The van der Waals surface area contributed by atoms with Gasteiger partial charge in [0.1, 0.15) is 0 Å². The van der Waals surface area contributed by atoms with Crippen LogP contribution in [0.4, 0.5) is 0 Å². The predicted octanol–water partition coefficient (Wildman–Crippen LogP) is 0.0215. The molecule has 0 aromatic carbocycles. The largest absolute Gasteiger partial charge is 0.273 e. The summed E-state index contributed by atoms with van der Waals surface area (Å²) in [6.45, 7) is 1.81. The van der Waals surface area contributed by atoms with Gasteiger partial charge in [0.15, 0.2) is 0 Å². The molecule has 0 aliphatic rings. The molecule has 60 valence electrons. The molecule has 0 bridgehead atoms. The molecule has 2 aromatic heterocycles. The summed E-state index contributed by atoms with van der Waals surface area (Å²) in [4.78, 5) is 11.1. The summed E-state index contributed by atoms with van der Waals surface area (Å²) in [6.07, 6.45) is 2.97. The number of nitrogens with zero attached hydrogens (tertiary/aromatic N) is 3. The van der Waals surface area contributed by atoms with Crippen LogP contribution in [0.1, 0.15) is 5.69 Å². The molecule has 0 aliphatic carbocycles. The van der Waals surface area contributed by atoms with E-state index in [1.54, 1.807) is 6.92 Å². The third-order valence-electron chi connectivity index (χ3n) is 1.69. The lowest BCUT2D eigenvalue weighted by Gasteiger charge is -1.95. The number of aromatic nitrogens is 4. The summed E-state index contributed by atoms with van der Waals surface area (Å²) < 4.78 is 0. The molecule has 1 N–H and O–H groups in total. The summed E-state index contributed by atoms with van der Waals surface area (Å²) in [7, 11) is 0. The fraction of sp³-hybridized carbons (Fsp3) is 0.143. The Hall–Kier alpha value is -1.78. The van der Waals surface area contributed by atoms with Crippen LogP contribution in [-0.4, -0.2) is 20.4 Å². The van der Waals surface area contributed by atoms with Crippen molar-refractivity contribution in [1.82, 2.24) is 20.4 Å². The van der Waals surface area contributed by atoms with Crippen molar-refractivity contribution < 1.29 is 0 Å². The van der Waals surface area contributed by atoms with Gasteiger partial charge in [-0.1, -0.05) is 0 Å². The Labute approximate surface area is 67.5 Å². The zero-order valence-electron chi connectivity index (χ0n) is 6.40. The Kier molecular flexibility index (Phi) is 1.36. The van der Waals surface area contributed by atoms with E-state index in [0.29, 0.717) is 5.39 Å². The molecule has 5 nitrogen and oxygen atoms in total. The number of hydrogen-bond donors (Lipinski definition) is 1. The molecular weight excluding hydrogens is 156 g/mol. The molecule has 2 heterocycles. The molecule has 2 rings (SSSR count). The summed E-state index contributed by atoms with van der Waals surface area (Å²) in [5.74, 6) is 0. The lowest BCUT2D eigenvalue weighted by atomic mass is 10.2. The number of hydrogen-bond acceptors (Lipinski definition) is 4. The van der Waals surface area contributed by atoms with Gasteiger partial charge in [-0.05, 0) is 6.92 Å². The average Bonchev–Trinajstić information content (AvgIpc) is 2.12. The van der Waals surface area contributed by atoms with Crippen molar-refractivity contribution >= 4 is 10.8 Å². The van der Waals surface area contributed by atoms with Gasteiger partial charge in [0, 0.05) is 5.39 Å². The maximum absolute atomic E-state index is 11.1. The van der Waals surface area contributed by atoms with Crippen LogP contribution in [0.2, 0.25) is 0 Å². The van der Waals surface area contributed by atoms with Crippen molar-refractivity contribution in [2.45, 2.75) is 6.92 Å². The topological polar surface area (TPSA) is 71.5 Å². The second-order valence-corrected chi connectivity index (χ2v) is 2.45. The van der Waals surface area contributed by atoms with Gasteiger partial charge in [0.05, 0.1) is 23.5 Å². The number of H-pyrrole nitrogens is 1. The van der Waals surface area contributed by atoms with E-state index in [9.17, 15) is 4.79 Å².